The molecule has 2 atom stereocenters. The molecule has 0 rings (SSSR count). The first kappa shape index (κ1) is 70.1. The van der Waals surface area contributed by atoms with Crippen LogP contribution in [0.3, 0.4) is 0 Å². The van der Waals surface area contributed by atoms with Crippen LogP contribution >= 0.6 is 0 Å². The quantitative estimate of drug-likeness (QED) is 0.0320. The molecule has 6 heteroatoms. The maximum atomic E-state index is 12.4. The average Bonchev–Trinajstić information content (AvgIpc) is 3.38. The van der Waals surface area contributed by atoms with Gasteiger partial charge in [-0.3, -0.25) is 9.59 Å². The molecule has 0 aliphatic carbocycles. The molecule has 424 valence electrons. The van der Waals surface area contributed by atoms with Crippen LogP contribution in [-0.2, 0) is 14.3 Å². The molecule has 0 heterocycles. The van der Waals surface area contributed by atoms with E-state index < -0.39 is 12.1 Å². The van der Waals surface area contributed by atoms with Crippen LogP contribution in [0.25, 0.3) is 0 Å². The minimum absolute atomic E-state index is 0.0136. The standard InChI is InChI=1S/C66H125NO5/c1-3-5-7-9-11-13-15-38-42-46-50-54-58-64(69)63(62-68)67-65(70)59-55-51-47-43-39-36-34-32-30-28-26-24-22-20-18-17-19-21-23-25-27-29-31-33-35-37-41-45-49-53-57-61-72-66(71)60-56-52-48-44-40-16-14-12-10-8-6-4-2/h19,21,25,27,54,58,63-64,68-69H,3-18,20,22-24,26,28-53,55-57,59-62H2,1-2H3,(H,67,70)/b21-19-,27-25-,58-54+. The Morgan fingerprint density at radius 1 is 0.389 bits per heavy atom. The van der Waals surface area contributed by atoms with E-state index in [2.05, 4.69) is 43.5 Å². The van der Waals surface area contributed by atoms with E-state index in [1.807, 2.05) is 6.08 Å². The van der Waals surface area contributed by atoms with Crippen LogP contribution in [-0.4, -0.2) is 47.4 Å². The number of carbonyl (C=O) groups is 2. The van der Waals surface area contributed by atoms with Gasteiger partial charge in [-0.05, 0) is 64.2 Å². The summed E-state index contributed by atoms with van der Waals surface area (Å²) in [5.74, 6) is -0.0537. The first-order valence-electron chi connectivity index (χ1n) is 32.3. The van der Waals surface area contributed by atoms with Gasteiger partial charge in [0.1, 0.15) is 0 Å². The summed E-state index contributed by atoms with van der Waals surface area (Å²) in [6.07, 6.45) is 77.8. The van der Waals surface area contributed by atoms with Crippen molar-refractivity contribution in [1.29, 1.82) is 0 Å². The zero-order valence-corrected chi connectivity index (χ0v) is 48.4. The van der Waals surface area contributed by atoms with Crippen LogP contribution in [0.2, 0.25) is 0 Å². The van der Waals surface area contributed by atoms with Gasteiger partial charge in [-0.15, -0.1) is 0 Å². The Morgan fingerprint density at radius 2 is 0.694 bits per heavy atom. The number of unbranched alkanes of at least 4 members (excludes halogenated alkanes) is 45. The summed E-state index contributed by atoms with van der Waals surface area (Å²) in [4.78, 5) is 24.5. The summed E-state index contributed by atoms with van der Waals surface area (Å²) in [6.45, 7) is 4.91. The van der Waals surface area contributed by atoms with E-state index in [1.165, 1.54) is 276 Å². The highest BCUT2D eigenvalue weighted by atomic mass is 16.5. The van der Waals surface area contributed by atoms with Gasteiger partial charge in [0.05, 0.1) is 25.4 Å². The number of ether oxygens (including phenoxy) is 1. The highest BCUT2D eigenvalue weighted by Crippen LogP contribution is 2.17. The number of carbonyl (C=O) groups excluding carboxylic acids is 2. The molecule has 1 amide bonds. The van der Waals surface area contributed by atoms with E-state index in [0.29, 0.717) is 19.4 Å². The fourth-order valence-corrected chi connectivity index (χ4v) is 9.96. The SMILES string of the molecule is CCCCCCCCCCCC/C=C/C(O)C(CO)NC(=O)CCCCCCCCCCCCCCCCC/C=C\C/C=C\CCCCCCCCCCCOC(=O)CCCCCCCCCCCCCC. The lowest BCUT2D eigenvalue weighted by atomic mass is 10.0. The van der Waals surface area contributed by atoms with Crippen molar-refractivity contribution in [3.05, 3.63) is 36.5 Å². The van der Waals surface area contributed by atoms with Crippen LogP contribution < -0.4 is 5.32 Å². The number of rotatable bonds is 60. The first-order chi connectivity index (χ1) is 35.5. The predicted molar refractivity (Wildman–Crippen MR) is 315 cm³/mol. The second kappa shape index (κ2) is 61.6. The van der Waals surface area contributed by atoms with Crippen LogP contribution in [0.1, 0.15) is 348 Å². The lowest BCUT2D eigenvalue weighted by molar-refractivity contribution is -0.143. The highest BCUT2D eigenvalue weighted by molar-refractivity contribution is 5.76. The molecule has 0 saturated heterocycles. The van der Waals surface area contributed by atoms with Gasteiger partial charge in [-0.25, -0.2) is 0 Å². The van der Waals surface area contributed by atoms with Gasteiger partial charge in [0.15, 0.2) is 0 Å². The lowest BCUT2D eigenvalue weighted by Crippen LogP contribution is -2.45. The molecule has 0 bridgehead atoms. The predicted octanol–water partition coefficient (Wildman–Crippen LogP) is 20.4. The number of hydrogen-bond acceptors (Lipinski definition) is 5. The van der Waals surface area contributed by atoms with Crippen molar-refractivity contribution in [1.82, 2.24) is 5.32 Å². The average molecular weight is 1010 g/mol. The van der Waals surface area contributed by atoms with E-state index in [0.717, 1.165) is 44.9 Å². The van der Waals surface area contributed by atoms with Gasteiger partial charge in [0, 0.05) is 12.8 Å². The number of allylic oxidation sites excluding steroid dienone is 5. The van der Waals surface area contributed by atoms with Crippen molar-refractivity contribution in [2.75, 3.05) is 13.2 Å². The number of esters is 1. The Hall–Kier alpha value is -1.92. The summed E-state index contributed by atoms with van der Waals surface area (Å²) < 4.78 is 5.47. The van der Waals surface area contributed by atoms with Crippen molar-refractivity contribution in [3.63, 3.8) is 0 Å². The third-order valence-corrected chi connectivity index (χ3v) is 14.9. The number of amides is 1. The Morgan fingerprint density at radius 3 is 1.06 bits per heavy atom. The summed E-state index contributed by atoms with van der Waals surface area (Å²) >= 11 is 0. The van der Waals surface area contributed by atoms with Crippen molar-refractivity contribution in [3.8, 4) is 0 Å². The van der Waals surface area contributed by atoms with Gasteiger partial charge in [0.25, 0.3) is 0 Å². The molecule has 2 unspecified atom stereocenters. The van der Waals surface area contributed by atoms with Gasteiger partial charge in [0.2, 0.25) is 5.91 Å². The second-order valence-corrected chi connectivity index (χ2v) is 22.1. The molecule has 0 aromatic heterocycles. The Labute approximate surface area is 449 Å². The van der Waals surface area contributed by atoms with Crippen molar-refractivity contribution in [2.45, 2.75) is 360 Å². The summed E-state index contributed by atoms with van der Waals surface area (Å²) in [7, 11) is 0. The van der Waals surface area contributed by atoms with E-state index in [4.69, 9.17) is 4.74 Å². The van der Waals surface area contributed by atoms with E-state index in [9.17, 15) is 19.8 Å². The van der Waals surface area contributed by atoms with Crippen LogP contribution in [0.4, 0.5) is 0 Å². The Kier molecular flexibility index (Phi) is 60.0. The second-order valence-electron chi connectivity index (χ2n) is 22.1. The van der Waals surface area contributed by atoms with Crippen molar-refractivity contribution in [2.24, 2.45) is 0 Å². The van der Waals surface area contributed by atoms with Crippen LogP contribution in [0.5, 0.6) is 0 Å². The highest BCUT2D eigenvalue weighted by Gasteiger charge is 2.18. The van der Waals surface area contributed by atoms with E-state index >= 15 is 0 Å². The maximum Gasteiger partial charge on any atom is 0.305 e. The summed E-state index contributed by atoms with van der Waals surface area (Å²) in [6, 6.07) is -0.626. The van der Waals surface area contributed by atoms with Gasteiger partial charge >= 0.3 is 5.97 Å². The van der Waals surface area contributed by atoms with Crippen molar-refractivity contribution < 1.29 is 24.5 Å². The van der Waals surface area contributed by atoms with E-state index in [-0.39, 0.29) is 18.5 Å². The third kappa shape index (κ3) is 57.4. The number of aliphatic hydroxyl groups excluding tert-OH is 2. The molecule has 0 fully saturated rings. The zero-order chi connectivity index (χ0) is 52.2. The molecule has 0 aromatic rings. The molecule has 72 heavy (non-hydrogen) atoms. The topological polar surface area (TPSA) is 95.9 Å². The molecule has 0 spiro atoms. The smallest absolute Gasteiger partial charge is 0.305 e. The van der Waals surface area contributed by atoms with Gasteiger partial charge in [-0.2, -0.15) is 0 Å². The lowest BCUT2D eigenvalue weighted by Gasteiger charge is -2.20. The zero-order valence-electron chi connectivity index (χ0n) is 48.4. The summed E-state index contributed by atoms with van der Waals surface area (Å²) in [5, 5.41) is 23.1. The van der Waals surface area contributed by atoms with Crippen molar-refractivity contribution >= 4 is 11.9 Å². The fraction of sp³-hybridized carbons (Fsp3) is 0.879. The molecule has 0 saturated carbocycles. The molecule has 6 nitrogen and oxygen atoms in total. The summed E-state index contributed by atoms with van der Waals surface area (Å²) in [5.41, 5.74) is 0. The molecule has 0 radical (unpaired) electrons. The van der Waals surface area contributed by atoms with Gasteiger partial charge < -0.3 is 20.3 Å². The molecule has 3 N–H and O–H groups in total. The van der Waals surface area contributed by atoms with Gasteiger partial charge in [-0.1, -0.05) is 307 Å². The molecule has 0 aliphatic heterocycles. The fourth-order valence-electron chi connectivity index (χ4n) is 9.96. The van der Waals surface area contributed by atoms with Crippen LogP contribution in [0.15, 0.2) is 36.5 Å². The molecular formula is C66H125NO5. The Balaban J connectivity index is 3.39. The number of hydrogen-bond donors (Lipinski definition) is 3. The number of nitrogens with one attached hydrogen (secondary N) is 1. The third-order valence-electron chi connectivity index (χ3n) is 14.9. The first-order valence-corrected chi connectivity index (χ1v) is 32.3. The minimum Gasteiger partial charge on any atom is -0.466 e. The monoisotopic (exact) mass is 1010 g/mol. The molecule has 0 aliphatic rings. The Bertz CT molecular complexity index is 1170. The normalized spacial score (nSPS) is 12.8. The largest absolute Gasteiger partial charge is 0.466 e. The number of aliphatic hydroxyl groups is 2. The van der Waals surface area contributed by atoms with Crippen LogP contribution in [0, 0.1) is 0 Å². The minimum atomic E-state index is -0.843. The molecule has 0 aromatic carbocycles. The maximum absolute atomic E-state index is 12.4. The molecular weight excluding hydrogens is 887 g/mol. The van der Waals surface area contributed by atoms with E-state index in [1.54, 1.807) is 6.08 Å².